The van der Waals surface area contributed by atoms with Gasteiger partial charge in [-0.3, -0.25) is 0 Å². The van der Waals surface area contributed by atoms with Crippen LogP contribution in [0.3, 0.4) is 0 Å². The van der Waals surface area contributed by atoms with Crippen molar-refractivity contribution in [2.45, 2.75) is 6.92 Å². The quantitative estimate of drug-likeness (QED) is 0.659. The monoisotopic (exact) mass is 239 g/mol. The van der Waals surface area contributed by atoms with Crippen molar-refractivity contribution in [3.8, 4) is 11.1 Å². The van der Waals surface area contributed by atoms with Crippen molar-refractivity contribution in [2.75, 3.05) is 0 Å². The molecule has 0 spiro atoms. The molecule has 0 N–H and O–H groups in total. The minimum absolute atomic E-state index is 0.240. The minimum Gasteiger partial charge on any atom is -0.207 e. The lowest BCUT2D eigenvalue weighted by Crippen LogP contribution is -1.95. The number of aryl methyl sites for hydroxylation is 1. The molecule has 2 aromatic rings. The summed E-state index contributed by atoms with van der Waals surface area (Å²) in [4.78, 5) is 0. The molecule has 1 radical (unpaired) electrons. The summed E-state index contributed by atoms with van der Waals surface area (Å²) in [7, 11) is 0. The molecule has 87 valence electrons. The molecule has 0 unspecified atom stereocenters. The molecule has 0 saturated carbocycles. The largest absolute Gasteiger partial charge is 0.207 e. The third-order valence-electron chi connectivity index (χ3n) is 2.32. The zero-order valence-corrected chi connectivity index (χ0v) is 8.82. The van der Waals surface area contributed by atoms with Gasteiger partial charge in [-0.15, -0.1) is 0 Å². The zero-order chi connectivity index (χ0) is 12.6. The smallest absolute Gasteiger partial charge is 0.136 e. The van der Waals surface area contributed by atoms with Gasteiger partial charge in [0.1, 0.15) is 23.3 Å². The maximum Gasteiger partial charge on any atom is 0.136 e. The number of hydrogen-bond acceptors (Lipinski definition) is 0. The molecular weight excluding hydrogens is 232 g/mol. The van der Waals surface area contributed by atoms with Crippen LogP contribution in [0.15, 0.2) is 24.3 Å². The van der Waals surface area contributed by atoms with Gasteiger partial charge in [-0.25, -0.2) is 17.6 Å². The molecule has 0 aliphatic heterocycles. The Balaban J connectivity index is 2.72. The van der Waals surface area contributed by atoms with E-state index >= 15 is 0 Å². The van der Waals surface area contributed by atoms with E-state index in [1.54, 1.807) is 6.92 Å². The first kappa shape index (κ1) is 11.6. The molecule has 0 saturated heterocycles. The Morgan fingerprint density at radius 3 is 2.06 bits per heavy atom. The molecule has 0 fully saturated rings. The normalized spacial score (nSPS) is 10.6. The Labute approximate surface area is 95.5 Å². The first-order chi connectivity index (χ1) is 7.99. The fraction of sp³-hybridized carbons (Fsp3) is 0.0769. The maximum absolute atomic E-state index is 13.5. The van der Waals surface area contributed by atoms with Crippen LogP contribution in [0.2, 0.25) is 0 Å². The molecule has 0 nitrogen and oxygen atoms in total. The molecule has 0 bridgehead atoms. The fourth-order valence-corrected chi connectivity index (χ4v) is 1.57. The van der Waals surface area contributed by atoms with E-state index in [9.17, 15) is 17.6 Å². The van der Waals surface area contributed by atoms with E-state index in [1.165, 1.54) is 6.07 Å². The van der Waals surface area contributed by atoms with Gasteiger partial charge in [0, 0.05) is 17.7 Å². The predicted octanol–water partition coefficient (Wildman–Crippen LogP) is 4.02. The van der Waals surface area contributed by atoms with E-state index in [-0.39, 0.29) is 5.56 Å². The molecule has 0 aliphatic carbocycles. The number of benzene rings is 2. The first-order valence-electron chi connectivity index (χ1n) is 4.82. The van der Waals surface area contributed by atoms with Gasteiger partial charge in [-0.05, 0) is 30.7 Å². The first-order valence-corrected chi connectivity index (χ1v) is 4.82. The molecule has 2 aromatic carbocycles. The van der Waals surface area contributed by atoms with Crippen LogP contribution in [0.4, 0.5) is 17.6 Å². The van der Waals surface area contributed by atoms with Gasteiger partial charge in [0.25, 0.3) is 0 Å². The number of rotatable bonds is 1. The van der Waals surface area contributed by atoms with Gasteiger partial charge in [0.2, 0.25) is 0 Å². The van der Waals surface area contributed by atoms with E-state index in [2.05, 4.69) is 6.07 Å². The topological polar surface area (TPSA) is 0 Å². The highest BCUT2D eigenvalue weighted by Gasteiger charge is 2.16. The Morgan fingerprint density at radius 2 is 1.47 bits per heavy atom. The average Bonchev–Trinajstić information content (AvgIpc) is 2.21. The third kappa shape index (κ3) is 2.16. The molecule has 0 heterocycles. The number of halogens is 4. The van der Waals surface area contributed by atoms with Crippen molar-refractivity contribution in [3.05, 3.63) is 59.2 Å². The summed E-state index contributed by atoms with van der Waals surface area (Å²) in [6, 6.07) is 5.85. The van der Waals surface area contributed by atoms with Gasteiger partial charge >= 0.3 is 0 Å². The summed E-state index contributed by atoms with van der Waals surface area (Å²) in [5, 5.41) is 0. The summed E-state index contributed by atoms with van der Waals surface area (Å²) in [5.74, 6) is -4.11. The maximum atomic E-state index is 13.5. The second kappa shape index (κ2) is 4.20. The fourth-order valence-electron chi connectivity index (χ4n) is 1.57. The summed E-state index contributed by atoms with van der Waals surface area (Å²) in [6.45, 7) is 1.61. The van der Waals surface area contributed by atoms with Gasteiger partial charge in [0.15, 0.2) is 0 Å². The van der Waals surface area contributed by atoms with Crippen LogP contribution < -0.4 is 0 Å². The standard InChI is InChI=1S/C13H7F4/c1-7-2-3-10(15)9(4-7)13-11(16)5-8(14)6-12(13)17/h3-6H,1H3. The van der Waals surface area contributed by atoms with Crippen LogP contribution in [0.25, 0.3) is 11.1 Å². The van der Waals surface area contributed by atoms with Crippen LogP contribution in [0.5, 0.6) is 0 Å². The van der Waals surface area contributed by atoms with E-state index in [0.29, 0.717) is 17.7 Å². The van der Waals surface area contributed by atoms with Crippen LogP contribution in [0, 0.1) is 36.3 Å². The lowest BCUT2D eigenvalue weighted by molar-refractivity contribution is 0.545. The van der Waals surface area contributed by atoms with Crippen LogP contribution in [0.1, 0.15) is 5.56 Å². The third-order valence-corrected chi connectivity index (χ3v) is 2.32. The average molecular weight is 239 g/mol. The van der Waals surface area contributed by atoms with Crippen LogP contribution >= 0.6 is 0 Å². The molecule has 0 atom stereocenters. The van der Waals surface area contributed by atoms with Crippen molar-refractivity contribution < 1.29 is 17.6 Å². The Hall–Kier alpha value is -1.84. The van der Waals surface area contributed by atoms with Crippen LogP contribution in [-0.4, -0.2) is 0 Å². The van der Waals surface area contributed by atoms with Gasteiger partial charge < -0.3 is 0 Å². The highest BCUT2D eigenvalue weighted by atomic mass is 19.1. The molecule has 17 heavy (non-hydrogen) atoms. The Bertz CT molecular complexity index is 553. The zero-order valence-electron chi connectivity index (χ0n) is 8.82. The molecule has 0 aliphatic rings. The molecular formula is C13H7F4. The van der Waals surface area contributed by atoms with E-state index in [0.717, 1.165) is 6.07 Å². The van der Waals surface area contributed by atoms with E-state index in [1.807, 2.05) is 0 Å². The molecule has 2 rings (SSSR count). The van der Waals surface area contributed by atoms with E-state index in [4.69, 9.17) is 0 Å². The van der Waals surface area contributed by atoms with Gasteiger partial charge in [-0.2, -0.15) is 0 Å². The lowest BCUT2D eigenvalue weighted by Gasteiger charge is -2.07. The highest BCUT2D eigenvalue weighted by Crippen LogP contribution is 2.29. The van der Waals surface area contributed by atoms with Gasteiger partial charge in [-0.1, -0.05) is 0 Å². The molecule has 0 aromatic heterocycles. The predicted molar refractivity (Wildman–Crippen MR) is 55.3 cm³/mol. The summed E-state index contributed by atoms with van der Waals surface area (Å²) < 4.78 is 53.1. The highest BCUT2D eigenvalue weighted by molar-refractivity contribution is 5.66. The molecule has 4 heteroatoms. The Kier molecular flexibility index (Phi) is 2.88. The summed E-state index contributed by atoms with van der Waals surface area (Å²) >= 11 is 0. The summed E-state index contributed by atoms with van der Waals surface area (Å²) in [6.07, 6.45) is 0. The second-order valence-electron chi connectivity index (χ2n) is 3.62. The molecule has 0 amide bonds. The lowest BCUT2D eigenvalue weighted by atomic mass is 10.0. The second-order valence-corrected chi connectivity index (χ2v) is 3.62. The van der Waals surface area contributed by atoms with Gasteiger partial charge in [0.05, 0.1) is 5.56 Å². The van der Waals surface area contributed by atoms with Crippen molar-refractivity contribution in [2.24, 2.45) is 0 Å². The van der Waals surface area contributed by atoms with Crippen molar-refractivity contribution in [3.63, 3.8) is 0 Å². The van der Waals surface area contributed by atoms with Crippen molar-refractivity contribution in [1.29, 1.82) is 0 Å². The SMILES string of the molecule is Cc1[c]cc(F)c(-c2c(F)cc(F)cc2F)c1. The number of hydrogen-bond donors (Lipinski definition) is 0. The van der Waals surface area contributed by atoms with Crippen molar-refractivity contribution in [1.82, 2.24) is 0 Å². The Morgan fingerprint density at radius 1 is 0.882 bits per heavy atom. The summed E-state index contributed by atoms with van der Waals surface area (Å²) in [5.41, 5.74) is -0.276. The van der Waals surface area contributed by atoms with Crippen molar-refractivity contribution >= 4 is 0 Å². The van der Waals surface area contributed by atoms with E-state index < -0.39 is 28.8 Å². The van der Waals surface area contributed by atoms with Crippen LogP contribution in [-0.2, 0) is 0 Å². The minimum atomic E-state index is -1.13.